The van der Waals surface area contributed by atoms with Crippen LogP contribution in [-0.2, 0) is 17.9 Å². The van der Waals surface area contributed by atoms with Gasteiger partial charge in [-0.15, -0.1) is 0 Å². The van der Waals surface area contributed by atoms with Gasteiger partial charge in [0.2, 0.25) is 5.88 Å². The number of hydrogen-bond donors (Lipinski definition) is 0. The number of benzene rings is 1. The van der Waals surface area contributed by atoms with E-state index in [1.807, 2.05) is 30.6 Å². The Labute approximate surface area is 198 Å². The van der Waals surface area contributed by atoms with E-state index in [0.717, 1.165) is 57.1 Å². The second-order valence-corrected chi connectivity index (χ2v) is 8.55. The van der Waals surface area contributed by atoms with Crippen LogP contribution in [0, 0.1) is 17.1 Å². The molecule has 0 radical (unpaired) electrons. The molecule has 2 aromatic heterocycles. The second-order valence-electron chi connectivity index (χ2n) is 8.55. The van der Waals surface area contributed by atoms with E-state index in [-0.39, 0.29) is 12.2 Å². The van der Waals surface area contributed by atoms with Crippen molar-refractivity contribution >= 4 is 11.9 Å². The number of nitrogens with zero attached hydrogens (tertiary/aromatic N) is 5. The molecule has 174 valence electrons. The predicted octanol–water partition coefficient (Wildman–Crippen LogP) is 4.34. The van der Waals surface area contributed by atoms with Crippen molar-refractivity contribution in [3.63, 3.8) is 0 Å². The van der Waals surface area contributed by atoms with E-state index in [0.29, 0.717) is 17.5 Å². The largest absolute Gasteiger partial charge is 0.473 e. The molecule has 8 heteroatoms. The molecule has 1 atom stereocenters. The van der Waals surface area contributed by atoms with Crippen molar-refractivity contribution in [1.82, 2.24) is 14.5 Å². The summed E-state index contributed by atoms with van der Waals surface area (Å²) >= 11 is 0. The minimum absolute atomic E-state index is 0.0550. The van der Waals surface area contributed by atoms with E-state index in [2.05, 4.69) is 25.5 Å². The van der Waals surface area contributed by atoms with Gasteiger partial charge in [0.1, 0.15) is 24.1 Å². The van der Waals surface area contributed by atoms with Crippen molar-refractivity contribution in [1.29, 1.82) is 5.26 Å². The Morgan fingerprint density at radius 1 is 1.24 bits per heavy atom. The van der Waals surface area contributed by atoms with E-state index >= 15 is 0 Å². The molecular formula is C26H26FN5O2. The number of imidazole rings is 1. The van der Waals surface area contributed by atoms with E-state index in [1.165, 1.54) is 11.6 Å². The number of aromatic nitrogens is 3. The van der Waals surface area contributed by atoms with Gasteiger partial charge in [-0.2, -0.15) is 10.2 Å². The molecule has 0 amide bonds. The first-order valence-corrected chi connectivity index (χ1v) is 11.5. The summed E-state index contributed by atoms with van der Waals surface area (Å²) in [6.45, 7) is 3.49. The molecule has 7 nitrogen and oxygen atoms in total. The molecule has 0 spiro atoms. The smallest absolute Gasteiger partial charge is 0.215 e. The molecule has 5 rings (SSSR count). The zero-order valence-corrected chi connectivity index (χ0v) is 18.9. The lowest BCUT2D eigenvalue weighted by Gasteiger charge is -2.30. The van der Waals surface area contributed by atoms with Crippen molar-refractivity contribution in [2.45, 2.75) is 38.5 Å². The number of ether oxygens (including phenoxy) is 2. The average molecular weight is 460 g/mol. The van der Waals surface area contributed by atoms with Crippen molar-refractivity contribution in [3.8, 4) is 11.9 Å². The van der Waals surface area contributed by atoms with E-state index in [4.69, 9.17) is 14.7 Å². The molecule has 0 unspecified atom stereocenters. The number of pyridine rings is 1. The molecular weight excluding hydrogens is 433 g/mol. The van der Waals surface area contributed by atoms with Gasteiger partial charge in [0.15, 0.2) is 0 Å². The van der Waals surface area contributed by atoms with Crippen LogP contribution < -0.4 is 9.64 Å². The highest BCUT2D eigenvalue weighted by Crippen LogP contribution is 2.25. The number of anilines is 1. The third kappa shape index (κ3) is 5.10. The monoisotopic (exact) mass is 459 g/mol. The molecule has 0 bridgehead atoms. The van der Waals surface area contributed by atoms with Gasteiger partial charge in [-0.25, -0.2) is 9.37 Å². The van der Waals surface area contributed by atoms with Crippen molar-refractivity contribution in [2.24, 2.45) is 0 Å². The van der Waals surface area contributed by atoms with Crippen LogP contribution in [0.1, 0.15) is 36.2 Å². The SMILES string of the molecule is N#Cc1ccc(COc2cccc(N3CCC(=Cc4nccn4C[C@@H]4CCO4)CC3)n2)c(F)c1. The maximum atomic E-state index is 14.1. The summed E-state index contributed by atoms with van der Waals surface area (Å²) in [4.78, 5) is 11.4. The molecule has 2 fully saturated rings. The van der Waals surface area contributed by atoms with Crippen molar-refractivity contribution in [2.75, 3.05) is 24.6 Å². The molecule has 1 aromatic carbocycles. The minimum atomic E-state index is -0.452. The molecule has 0 saturated carbocycles. The zero-order chi connectivity index (χ0) is 23.3. The van der Waals surface area contributed by atoms with Crippen LogP contribution in [0.3, 0.4) is 0 Å². The molecule has 2 aliphatic heterocycles. The summed E-state index contributed by atoms with van der Waals surface area (Å²) in [5, 5.41) is 8.88. The number of nitriles is 1. The summed E-state index contributed by atoms with van der Waals surface area (Å²) in [6, 6.07) is 11.9. The fraction of sp³-hybridized carbons (Fsp3) is 0.346. The van der Waals surface area contributed by atoms with Crippen LogP contribution in [0.2, 0.25) is 0 Å². The maximum absolute atomic E-state index is 14.1. The molecule has 0 aliphatic carbocycles. The summed E-state index contributed by atoms with van der Waals surface area (Å²) < 4.78 is 27.6. The summed E-state index contributed by atoms with van der Waals surface area (Å²) in [7, 11) is 0. The summed E-state index contributed by atoms with van der Waals surface area (Å²) in [5.41, 5.74) is 2.05. The predicted molar refractivity (Wildman–Crippen MR) is 126 cm³/mol. The first-order valence-electron chi connectivity index (χ1n) is 11.5. The Morgan fingerprint density at radius 2 is 2.09 bits per heavy atom. The summed E-state index contributed by atoms with van der Waals surface area (Å²) in [6.07, 6.45) is 9.37. The van der Waals surface area contributed by atoms with Gasteiger partial charge in [-0.05, 0) is 43.5 Å². The number of hydrogen-bond acceptors (Lipinski definition) is 6. The maximum Gasteiger partial charge on any atom is 0.215 e. The summed E-state index contributed by atoms with van der Waals surface area (Å²) in [5.74, 6) is 1.83. The topological polar surface area (TPSA) is 76.2 Å². The Kier molecular flexibility index (Phi) is 6.54. The fourth-order valence-corrected chi connectivity index (χ4v) is 4.16. The number of rotatable bonds is 7. The van der Waals surface area contributed by atoms with E-state index < -0.39 is 5.82 Å². The lowest BCUT2D eigenvalue weighted by molar-refractivity contribution is -0.0593. The zero-order valence-electron chi connectivity index (χ0n) is 18.9. The standard InChI is InChI=1S/C26H26FN5O2/c27-23-14-20(16-28)4-5-21(23)18-34-26-3-1-2-24(30-26)31-10-6-19(7-11-31)15-25-29-9-12-32(25)17-22-8-13-33-22/h1-5,9,12,14-15,22H,6-8,10-11,13,17-18H2/t22-/m0/s1. The third-order valence-corrected chi connectivity index (χ3v) is 6.27. The van der Waals surface area contributed by atoms with Gasteiger partial charge in [-0.3, -0.25) is 0 Å². The van der Waals surface area contributed by atoms with Crippen molar-refractivity contribution in [3.05, 3.63) is 77.1 Å². The van der Waals surface area contributed by atoms with Gasteiger partial charge in [0.25, 0.3) is 0 Å². The highest BCUT2D eigenvalue weighted by Gasteiger charge is 2.20. The lowest BCUT2D eigenvalue weighted by Crippen LogP contribution is -2.32. The Balaban J connectivity index is 1.18. The molecule has 2 aliphatic rings. The van der Waals surface area contributed by atoms with Crippen LogP contribution in [0.5, 0.6) is 5.88 Å². The average Bonchev–Trinajstić information content (AvgIpc) is 3.28. The first-order chi connectivity index (χ1) is 16.7. The molecule has 34 heavy (non-hydrogen) atoms. The number of halogens is 1. The highest BCUT2D eigenvalue weighted by atomic mass is 19.1. The molecule has 3 aromatic rings. The fourth-order valence-electron chi connectivity index (χ4n) is 4.16. The lowest BCUT2D eigenvalue weighted by atomic mass is 10.0. The number of piperidine rings is 1. The third-order valence-electron chi connectivity index (χ3n) is 6.27. The Hall–Kier alpha value is -3.70. The minimum Gasteiger partial charge on any atom is -0.473 e. The molecule has 0 N–H and O–H groups in total. The van der Waals surface area contributed by atoms with Gasteiger partial charge in [-0.1, -0.05) is 17.7 Å². The first kappa shape index (κ1) is 22.1. The van der Waals surface area contributed by atoms with Gasteiger partial charge >= 0.3 is 0 Å². The Morgan fingerprint density at radius 3 is 2.82 bits per heavy atom. The van der Waals surface area contributed by atoms with Crippen LogP contribution >= 0.6 is 0 Å². The molecule has 4 heterocycles. The van der Waals surface area contributed by atoms with Crippen LogP contribution in [0.15, 0.2) is 54.4 Å². The van der Waals surface area contributed by atoms with Gasteiger partial charge in [0, 0.05) is 43.7 Å². The van der Waals surface area contributed by atoms with E-state index in [9.17, 15) is 4.39 Å². The van der Waals surface area contributed by atoms with Crippen molar-refractivity contribution < 1.29 is 13.9 Å². The van der Waals surface area contributed by atoms with Gasteiger partial charge in [0.05, 0.1) is 24.3 Å². The quantitative estimate of drug-likeness (QED) is 0.523. The second kappa shape index (κ2) is 10.1. The molecule has 2 saturated heterocycles. The highest BCUT2D eigenvalue weighted by molar-refractivity contribution is 5.49. The van der Waals surface area contributed by atoms with Crippen LogP contribution in [-0.4, -0.2) is 40.3 Å². The van der Waals surface area contributed by atoms with Crippen LogP contribution in [0.25, 0.3) is 6.08 Å². The van der Waals surface area contributed by atoms with E-state index in [1.54, 1.807) is 18.2 Å². The Bertz CT molecular complexity index is 1220. The normalized spacial score (nSPS) is 17.7. The van der Waals surface area contributed by atoms with Crippen LogP contribution in [0.4, 0.5) is 10.2 Å². The van der Waals surface area contributed by atoms with Gasteiger partial charge < -0.3 is 18.9 Å².